The number of thiophene rings is 1. The maximum absolute atomic E-state index is 11.9. The third kappa shape index (κ3) is 2.20. The van der Waals surface area contributed by atoms with E-state index in [4.69, 9.17) is 0 Å². The van der Waals surface area contributed by atoms with Crippen LogP contribution in [0.25, 0.3) is 0 Å². The Kier molecular flexibility index (Phi) is 3.47. The Hall–Kier alpha value is -1.36. The van der Waals surface area contributed by atoms with Crippen molar-refractivity contribution in [2.24, 2.45) is 5.92 Å². The Balaban J connectivity index is 2.32. The van der Waals surface area contributed by atoms with Gasteiger partial charge in [-0.1, -0.05) is 6.92 Å². The molecule has 2 atom stereocenters. The number of rotatable bonds is 4. The molecular formula is C12H15NO3S. The molecule has 0 saturated carbocycles. The zero-order chi connectivity index (χ0) is 12.4. The molecule has 92 valence electrons. The van der Waals surface area contributed by atoms with Crippen LogP contribution in [0.5, 0.6) is 0 Å². The lowest BCUT2D eigenvalue weighted by Gasteiger charge is -2.25. The predicted molar refractivity (Wildman–Crippen MR) is 64.8 cm³/mol. The van der Waals surface area contributed by atoms with E-state index in [1.54, 1.807) is 4.90 Å². The number of carboxylic acids is 1. The number of nitrogens with zero attached hydrogens (tertiary/aromatic N) is 1. The quantitative estimate of drug-likeness (QED) is 0.894. The Bertz CT molecular complexity index is 415. The standard InChI is InChI=1S/C12H15NO3S/c1-2-4-13-10(14)6-9(12(15)16)11(13)8-3-5-17-7-8/h3,5,7,9,11H,2,4,6H2,1H3,(H,15,16). The van der Waals surface area contributed by atoms with Crippen molar-refractivity contribution in [1.29, 1.82) is 0 Å². The first-order chi connectivity index (χ1) is 8.15. The summed E-state index contributed by atoms with van der Waals surface area (Å²) in [7, 11) is 0. The van der Waals surface area contributed by atoms with E-state index in [2.05, 4.69) is 0 Å². The molecule has 4 nitrogen and oxygen atoms in total. The predicted octanol–water partition coefficient (Wildman–Crippen LogP) is 2.13. The zero-order valence-corrected chi connectivity index (χ0v) is 10.4. The highest BCUT2D eigenvalue weighted by Crippen LogP contribution is 2.39. The first-order valence-electron chi connectivity index (χ1n) is 5.69. The summed E-state index contributed by atoms with van der Waals surface area (Å²) in [5.41, 5.74) is 0.946. The summed E-state index contributed by atoms with van der Waals surface area (Å²) in [5.74, 6) is -1.53. The van der Waals surface area contributed by atoms with E-state index < -0.39 is 11.9 Å². The van der Waals surface area contributed by atoms with E-state index in [1.165, 1.54) is 11.3 Å². The van der Waals surface area contributed by atoms with Crippen molar-refractivity contribution in [3.63, 3.8) is 0 Å². The Labute approximate surface area is 104 Å². The summed E-state index contributed by atoms with van der Waals surface area (Å²) in [6.45, 7) is 2.62. The molecule has 2 heterocycles. The molecule has 1 aromatic rings. The van der Waals surface area contributed by atoms with Gasteiger partial charge in [-0.25, -0.2) is 0 Å². The van der Waals surface area contributed by atoms with Crippen LogP contribution in [0.15, 0.2) is 16.8 Å². The molecular weight excluding hydrogens is 238 g/mol. The molecule has 0 aliphatic carbocycles. The number of hydrogen-bond donors (Lipinski definition) is 1. The zero-order valence-electron chi connectivity index (χ0n) is 9.63. The first kappa shape index (κ1) is 12.1. The Morgan fingerprint density at radius 2 is 2.41 bits per heavy atom. The summed E-state index contributed by atoms with van der Waals surface area (Å²) in [4.78, 5) is 24.8. The summed E-state index contributed by atoms with van der Waals surface area (Å²) < 4.78 is 0. The lowest BCUT2D eigenvalue weighted by molar-refractivity contribution is -0.142. The summed E-state index contributed by atoms with van der Waals surface area (Å²) in [6, 6.07) is 1.62. The minimum absolute atomic E-state index is 0.0459. The highest BCUT2D eigenvalue weighted by atomic mass is 32.1. The largest absolute Gasteiger partial charge is 0.481 e. The van der Waals surface area contributed by atoms with Gasteiger partial charge in [0.05, 0.1) is 12.0 Å². The van der Waals surface area contributed by atoms with E-state index >= 15 is 0 Å². The van der Waals surface area contributed by atoms with Gasteiger partial charge in [0.25, 0.3) is 0 Å². The van der Waals surface area contributed by atoms with Crippen molar-refractivity contribution in [2.75, 3.05) is 6.54 Å². The molecule has 1 aromatic heterocycles. The molecule has 1 saturated heterocycles. The molecule has 2 unspecified atom stereocenters. The minimum atomic E-state index is -0.881. The van der Waals surface area contributed by atoms with Gasteiger partial charge in [0.15, 0.2) is 0 Å². The molecule has 2 rings (SSSR count). The van der Waals surface area contributed by atoms with Crippen molar-refractivity contribution in [2.45, 2.75) is 25.8 Å². The van der Waals surface area contributed by atoms with Gasteiger partial charge in [-0.15, -0.1) is 0 Å². The van der Waals surface area contributed by atoms with Gasteiger partial charge in [-0.05, 0) is 28.8 Å². The van der Waals surface area contributed by atoms with Gasteiger partial charge in [-0.2, -0.15) is 11.3 Å². The third-order valence-electron chi connectivity index (χ3n) is 3.10. The molecule has 1 fully saturated rings. The second kappa shape index (κ2) is 4.87. The highest BCUT2D eigenvalue weighted by molar-refractivity contribution is 7.08. The second-order valence-electron chi connectivity index (χ2n) is 4.24. The van der Waals surface area contributed by atoms with E-state index in [1.807, 2.05) is 23.8 Å². The van der Waals surface area contributed by atoms with Crippen LogP contribution in [0.1, 0.15) is 31.4 Å². The van der Waals surface area contributed by atoms with Crippen LogP contribution in [0.4, 0.5) is 0 Å². The van der Waals surface area contributed by atoms with Crippen molar-refractivity contribution < 1.29 is 14.7 Å². The number of carbonyl (C=O) groups excluding carboxylic acids is 1. The molecule has 1 aliphatic rings. The van der Waals surface area contributed by atoms with Crippen molar-refractivity contribution in [1.82, 2.24) is 4.90 Å². The van der Waals surface area contributed by atoms with Gasteiger partial charge in [0.1, 0.15) is 0 Å². The molecule has 5 heteroatoms. The number of amides is 1. The number of hydrogen-bond acceptors (Lipinski definition) is 3. The summed E-state index contributed by atoms with van der Waals surface area (Å²) in [5, 5.41) is 13.1. The van der Waals surface area contributed by atoms with Gasteiger partial charge in [-0.3, -0.25) is 9.59 Å². The van der Waals surface area contributed by atoms with Crippen molar-refractivity contribution in [3.8, 4) is 0 Å². The lowest BCUT2D eigenvalue weighted by Crippen LogP contribution is -2.30. The SMILES string of the molecule is CCCN1C(=O)CC(C(=O)O)C1c1ccsc1. The maximum atomic E-state index is 11.9. The molecule has 17 heavy (non-hydrogen) atoms. The Morgan fingerprint density at radius 1 is 1.65 bits per heavy atom. The van der Waals surface area contributed by atoms with Gasteiger partial charge >= 0.3 is 5.97 Å². The molecule has 1 N–H and O–H groups in total. The van der Waals surface area contributed by atoms with Crippen LogP contribution < -0.4 is 0 Å². The normalized spacial score (nSPS) is 24.3. The topological polar surface area (TPSA) is 57.6 Å². The van der Waals surface area contributed by atoms with E-state index in [0.717, 1.165) is 12.0 Å². The van der Waals surface area contributed by atoms with Gasteiger partial charge in [0, 0.05) is 13.0 Å². The smallest absolute Gasteiger partial charge is 0.309 e. The van der Waals surface area contributed by atoms with E-state index in [0.29, 0.717) is 6.54 Å². The number of carboxylic acid groups (broad SMARTS) is 1. The number of aliphatic carboxylic acids is 1. The van der Waals surface area contributed by atoms with Crippen molar-refractivity contribution >= 4 is 23.2 Å². The molecule has 0 radical (unpaired) electrons. The molecule has 0 bridgehead atoms. The molecule has 0 aromatic carbocycles. The fraction of sp³-hybridized carbons (Fsp3) is 0.500. The van der Waals surface area contributed by atoms with Gasteiger partial charge < -0.3 is 10.0 Å². The van der Waals surface area contributed by atoms with E-state index in [9.17, 15) is 14.7 Å². The van der Waals surface area contributed by atoms with Crippen molar-refractivity contribution in [3.05, 3.63) is 22.4 Å². The monoisotopic (exact) mass is 253 g/mol. The first-order valence-corrected chi connectivity index (χ1v) is 6.63. The minimum Gasteiger partial charge on any atom is -0.481 e. The Morgan fingerprint density at radius 3 is 2.94 bits per heavy atom. The number of carbonyl (C=O) groups is 2. The maximum Gasteiger partial charge on any atom is 0.309 e. The molecule has 1 aliphatic heterocycles. The summed E-state index contributed by atoms with van der Waals surface area (Å²) in [6.07, 6.45) is 0.967. The number of likely N-dealkylation sites (tertiary alicyclic amines) is 1. The average Bonchev–Trinajstić information content (AvgIpc) is 2.87. The molecule has 0 spiro atoms. The van der Waals surface area contributed by atoms with Crippen LogP contribution in [0.3, 0.4) is 0 Å². The van der Waals surface area contributed by atoms with Crippen LogP contribution in [0.2, 0.25) is 0 Å². The van der Waals surface area contributed by atoms with Crippen LogP contribution in [-0.2, 0) is 9.59 Å². The molecule has 1 amide bonds. The fourth-order valence-electron chi connectivity index (χ4n) is 2.37. The third-order valence-corrected chi connectivity index (χ3v) is 3.80. The summed E-state index contributed by atoms with van der Waals surface area (Å²) >= 11 is 1.53. The van der Waals surface area contributed by atoms with Crippen LogP contribution in [-0.4, -0.2) is 28.4 Å². The fourth-order valence-corrected chi connectivity index (χ4v) is 3.06. The van der Waals surface area contributed by atoms with E-state index in [-0.39, 0.29) is 18.4 Å². The average molecular weight is 253 g/mol. The van der Waals surface area contributed by atoms with Crippen LogP contribution in [0, 0.1) is 5.92 Å². The lowest BCUT2D eigenvalue weighted by atomic mass is 9.96. The van der Waals surface area contributed by atoms with Crippen LogP contribution >= 0.6 is 11.3 Å². The second-order valence-corrected chi connectivity index (χ2v) is 5.02. The van der Waals surface area contributed by atoms with Gasteiger partial charge in [0.2, 0.25) is 5.91 Å². The highest BCUT2D eigenvalue weighted by Gasteiger charge is 2.44.